The van der Waals surface area contributed by atoms with Gasteiger partial charge < -0.3 is 4.90 Å². The molecule has 112 valence electrons. The van der Waals surface area contributed by atoms with Crippen LogP contribution in [0.2, 0.25) is 0 Å². The average Bonchev–Trinajstić information content (AvgIpc) is 2.84. The van der Waals surface area contributed by atoms with Gasteiger partial charge in [-0.3, -0.25) is 0 Å². The summed E-state index contributed by atoms with van der Waals surface area (Å²) in [4.78, 5) is 2.19. The van der Waals surface area contributed by atoms with Crippen molar-refractivity contribution in [1.82, 2.24) is 10.2 Å². The first-order valence-corrected chi connectivity index (χ1v) is 8.37. The molecule has 0 unspecified atom stereocenters. The molecular weight excluding hydrogens is 280 g/mol. The quantitative estimate of drug-likeness (QED) is 0.810. The minimum absolute atomic E-state index is 0.152. The zero-order valence-electron chi connectivity index (χ0n) is 11.7. The summed E-state index contributed by atoms with van der Waals surface area (Å²) in [6.07, 6.45) is 7.80. The van der Waals surface area contributed by atoms with E-state index in [0.29, 0.717) is 10.5 Å². The van der Waals surface area contributed by atoms with Gasteiger partial charge >= 0.3 is 0 Å². The zero-order chi connectivity index (χ0) is 14.0. The molecule has 1 spiro atoms. The second-order valence-electron chi connectivity index (χ2n) is 6.16. The molecule has 2 fully saturated rings. The maximum Gasteiger partial charge on any atom is 0.291 e. The molecule has 1 saturated carbocycles. The van der Waals surface area contributed by atoms with Crippen LogP contribution in [0.1, 0.15) is 62.8 Å². The van der Waals surface area contributed by atoms with Crippen molar-refractivity contribution >= 4 is 16.5 Å². The SMILES string of the molecule is FC(F)c1nnc(N2CCCC3(CCCCCC3)C2)s1. The Labute approximate surface area is 122 Å². The van der Waals surface area contributed by atoms with Gasteiger partial charge in [0.05, 0.1) is 0 Å². The minimum atomic E-state index is -2.50. The molecule has 2 aliphatic rings. The van der Waals surface area contributed by atoms with Crippen molar-refractivity contribution in [2.24, 2.45) is 5.41 Å². The summed E-state index contributed by atoms with van der Waals surface area (Å²) in [5.41, 5.74) is 0.394. The molecule has 1 aliphatic heterocycles. The summed E-state index contributed by atoms with van der Waals surface area (Å²) in [7, 11) is 0. The van der Waals surface area contributed by atoms with Gasteiger partial charge in [0.2, 0.25) is 5.13 Å². The van der Waals surface area contributed by atoms with Gasteiger partial charge in [0.25, 0.3) is 6.43 Å². The highest BCUT2D eigenvalue weighted by atomic mass is 32.1. The van der Waals surface area contributed by atoms with Crippen molar-refractivity contribution in [3.8, 4) is 0 Å². The molecule has 1 aromatic rings. The molecular formula is C14H21F2N3S. The van der Waals surface area contributed by atoms with Crippen molar-refractivity contribution < 1.29 is 8.78 Å². The van der Waals surface area contributed by atoms with Crippen LogP contribution >= 0.6 is 11.3 Å². The fourth-order valence-electron chi connectivity index (χ4n) is 3.70. The lowest BCUT2D eigenvalue weighted by Crippen LogP contribution is -2.43. The highest BCUT2D eigenvalue weighted by Crippen LogP contribution is 2.43. The monoisotopic (exact) mass is 301 g/mol. The normalized spacial score (nSPS) is 23.2. The van der Waals surface area contributed by atoms with Gasteiger partial charge in [-0.15, -0.1) is 10.2 Å². The summed E-state index contributed by atoms with van der Waals surface area (Å²) < 4.78 is 25.3. The smallest absolute Gasteiger partial charge is 0.291 e. The molecule has 0 N–H and O–H groups in total. The molecule has 6 heteroatoms. The van der Waals surface area contributed by atoms with E-state index in [-0.39, 0.29) is 5.01 Å². The largest absolute Gasteiger partial charge is 0.346 e. The van der Waals surface area contributed by atoms with Crippen molar-refractivity contribution in [1.29, 1.82) is 0 Å². The third-order valence-corrected chi connectivity index (χ3v) is 5.70. The second-order valence-corrected chi connectivity index (χ2v) is 7.15. The Morgan fingerprint density at radius 1 is 1.00 bits per heavy atom. The first-order chi connectivity index (χ1) is 9.69. The number of nitrogens with zero attached hydrogens (tertiary/aromatic N) is 3. The molecule has 1 aliphatic carbocycles. The highest BCUT2D eigenvalue weighted by molar-refractivity contribution is 7.15. The van der Waals surface area contributed by atoms with E-state index in [1.54, 1.807) is 0 Å². The van der Waals surface area contributed by atoms with Crippen LogP contribution in [0.25, 0.3) is 0 Å². The molecule has 3 nitrogen and oxygen atoms in total. The maximum atomic E-state index is 12.6. The fraction of sp³-hybridized carbons (Fsp3) is 0.857. The van der Waals surface area contributed by atoms with E-state index in [4.69, 9.17) is 0 Å². The maximum absolute atomic E-state index is 12.6. The van der Waals surface area contributed by atoms with Gasteiger partial charge in [-0.25, -0.2) is 8.78 Å². The van der Waals surface area contributed by atoms with E-state index in [1.165, 1.54) is 44.9 Å². The highest BCUT2D eigenvalue weighted by Gasteiger charge is 2.36. The standard InChI is InChI=1S/C14H21F2N3S/c15-11(16)12-17-18-13(20-12)19-9-5-8-14(10-19)6-3-1-2-4-7-14/h11H,1-10H2. The lowest BCUT2D eigenvalue weighted by atomic mass is 9.74. The Bertz CT molecular complexity index is 441. The molecule has 2 heterocycles. The predicted octanol–water partition coefficient (Wildman–Crippen LogP) is 4.42. The Kier molecular flexibility index (Phi) is 4.19. The number of alkyl halides is 2. The molecule has 0 atom stereocenters. The van der Waals surface area contributed by atoms with Gasteiger partial charge in [-0.05, 0) is 31.1 Å². The zero-order valence-corrected chi connectivity index (χ0v) is 12.5. The lowest BCUT2D eigenvalue weighted by Gasteiger charge is -2.42. The summed E-state index contributed by atoms with van der Waals surface area (Å²) >= 11 is 1.05. The van der Waals surface area contributed by atoms with Gasteiger partial charge in [-0.2, -0.15) is 0 Å². The van der Waals surface area contributed by atoms with E-state index in [1.807, 2.05) is 0 Å². The van der Waals surface area contributed by atoms with E-state index in [0.717, 1.165) is 30.8 Å². The summed E-state index contributed by atoms with van der Waals surface area (Å²) in [5, 5.41) is 8.13. The van der Waals surface area contributed by atoms with Crippen molar-refractivity contribution in [2.75, 3.05) is 18.0 Å². The summed E-state index contributed by atoms with van der Waals surface area (Å²) in [6.45, 7) is 1.91. The number of rotatable bonds is 2. The Hall–Kier alpha value is -0.780. The van der Waals surface area contributed by atoms with Crippen LogP contribution in [-0.4, -0.2) is 23.3 Å². The number of hydrogen-bond acceptors (Lipinski definition) is 4. The van der Waals surface area contributed by atoms with Crippen molar-refractivity contribution in [2.45, 2.75) is 57.8 Å². The van der Waals surface area contributed by atoms with Crippen LogP contribution in [0.15, 0.2) is 0 Å². The van der Waals surface area contributed by atoms with Gasteiger partial charge in [0.15, 0.2) is 5.01 Å². The van der Waals surface area contributed by atoms with E-state index >= 15 is 0 Å². The second kappa shape index (κ2) is 5.92. The number of piperidine rings is 1. The Morgan fingerprint density at radius 2 is 1.70 bits per heavy atom. The first kappa shape index (κ1) is 14.2. The van der Waals surface area contributed by atoms with E-state index < -0.39 is 6.43 Å². The fourth-order valence-corrected chi connectivity index (χ4v) is 4.42. The first-order valence-electron chi connectivity index (χ1n) is 7.55. The van der Waals surface area contributed by atoms with Crippen LogP contribution in [0.3, 0.4) is 0 Å². The van der Waals surface area contributed by atoms with Gasteiger partial charge in [0, 0.05) is 13.1 Å². The lowest BCUT2D eigenvalue weighted by molar-refractivity contribution is 0.150. The molecule has 0 aromatic carbocycles. The van der Waals surface area contributed by atoms with E-state index in [9.17, 15) is 8.78 Å². The number of aromatic nitrogens is 2. The number of halogens is 2. The summed E-state index contributed by atoms with van der Waals surface area (Å²) in [6, 6.07) is 0. The third-order valence-electron chi connectivity index (χ3n) is 4.71. The average molecular weight is 301 g/mol. The predicted molar refractivity (Wildman–Crippen MR) is 76.4 cm³/mol. The molecule has 1 saturated heterocycles. The Balaban J connectivity index is 1.73. The van der Waals surface area contributed by atoms with E-state index in [2.05, 4.69) is 15.1 Å². The van der Waals surface area contributed by atoms with Crippen LogP contribution in [-0.2, 0) is 0 Å². The number of anilines is 1. The van der Waals surface area contributed by atoms with Crippen molar-refractivity contribution in [3.05, 3.63) is 5.01 Å². The van der Waals surface area contributed by atoms with Crippen LogP contribution in [0.4, 0.5) is 13.9 Å². The molecule has 0 bridgehead atoms. The van der Waals surface area contributed by atoms with Gasteiger partial charge in [-0.1, -0.05) is 37.0 Å². The number of hydrogen-bond donors (Lipinski definition) is 0. The van der Waals surface area contributed by atoms with Crippen LogP contribution < -0.4 is 4.90 Å². The molecule has 3 rings (SSSR count). The summed E-state index contributed by atoms with van der Waals surface area (Å²) in [5.74, 6) is 0. The minimum Gasteiger partial charge on any atom is -0.346 e. The molecule has 0 amide bonds. The Morgan fingerprint density at radius 3 is 2.35 bits per heavy atom. The molecule has 1 aromatic heterocycles. The molecule has 0 radical (unpaired) electrons. The van der Waals surface area contributed by atoms with Crippen LogP contribution in [0, 0.1) is 5.41 Å². The van der Waals surface area contributed by atoms with Gasteiger partial charge in [0.1, 0.15) is 0 Å². The molecule has 20 heavy (non-hydrogen) atoms. The van der Waals surface area contributed by atoms with Crippen LogP contribution in [0.5, 0.6) is 0 Å². The topological polar surface area (TPSA) is 29.0 Å². The third kappa shape index (κ3) is 2.95. The van der Waals surface area contributed by atoms with Crippen molar-refractivity contribution in [3.63, 3.8) is 0 Å².